The number of nitrogens with one attached hydrogen (secondary N) is 1. The molecule has 0 aromatic heterocycles. The molecule has 2 unspecified atom stereocenters. The predicted octanol–water partition coefficient (Wildman–Crippen LogP) is 6.66. The summed E-state index contributed by atoms with van der Waals surface area (Å²) in [6.45, 7) is 19.6. The van der Waals surface area contributed by atoms with Crippen molar-refractivity contribution >= 4 is 11.7 Å². The van der Waals surface area contributed by atoms with E-state index in [-0.39, 0.29) is 22.5 Å². The second-order valence-electron chi connectivity index (χ2n) is 11.4. The molecule has 0 aliphatic heterocycles. The van der Waals surface area contributed by atoms with E-state index in [2.05, 4.69) is 62.2 Å². The van der Waals surface area contributed by atoms with E-state index in [4.69, 9.17) is 0 Å². The fourth-order valence-electron chi connectivity index (χ4n) is 4.90. The highest BCUT2D eigenvalue weighted by atomic mass is 16.3. The first-order valence-electron chi connectivity index (χ1n) is 13.4. The van der Waals surface area contributed by atoms with Crippen LogP contribution in [0, 0.1) is 31.1 Å². The van der Waals surface area contributed by atoms with Crippen LogP contribution in [0.4, 0.5) is 0 Å². The Balaban J connectivity index is 2.49. The van der Waals surface area contributed by atoms with Crippen molar-refractivity contribution < 1.29 is 14.7 Å². The number of hydrogen-bond donors (Lipinski definition) is 2. The molecule has 4 heteroatoms. The van der Waals surface area contributed by atoms with Crippen LogP contribution in [0.1, 0.15) is 113 Å². The van der Waals surface area contributed by atoms with Crippen LogP contribution in [0.15, 0.2) is 36.4 Å². The highest BCUT2D eigenvalue weighted by Gasteiger charge is 2.37. The quantitative estimate of drug-likeness (QED) is 0.396. The molecule has 2 aromatic rings. The largest absolute Gasteiger partial charge is 0.377 e. The molecular weight excluding hydrogens is 458 g/mol. The highest BCUT2D eigenvalue weighted by molar-refractivity contribution is 5.98. The summed E-state index contributed by atoms with van der Waals surface area (Å²) in [7, 11) is 0. The van der Waals surface area contributed by atoms with Crippen molar-refractivity contribution in [2.45, 2.75) is 106 Å². The second kappa shape index (κ2) is 11.7. The van der Waals surface area contributed by atoms with Gasteiger partial charge in [0, 0.05) is 22.0 Å². The molecule has 0 heterocycles. The maximum absolute atomic E-state index is 12.8. The van der Waals surface area contributed by atoms with Crippen molar-refractivity contribution in [3.8, 4) is 11.8 Å². The molecule has 2 aromatic carbocycles. The molecule has 0 aliphatic carbocycles. The van der Waals surface area contributed by atoms with Crippen molar-refractivity contribution in [2.24, 2.45) is 5.41 Å². The fraction of sp³-hybridized carbons (Fsp3) is 0.515. The maximum Gasteiger partial charge on any atom is 0.252 e. The molecule has 200 valence electrons. The Morgan fingerprint density at radius 1 is 0.919 bits per heavy atom. The van der Waals surface area contributed by atoms with Gasteiger partial charge in [-0.25, -0.2) is 0 Å². The minimum atomic E-state index is -1.05. The lowest BCUT2D eigenvalue weighted by molar-refractivity contribution is -0.118. The lowest BCUT2D eigenvalue weighted by Gasteiger charge is -2.35. The van der Waals surface area contributed by atoms with Crippen LogP contribution in [0.2, 0.25) is 0 Å². The van der Waals surface area contributed by atoms with Crippen molar-refractivity contribution in [2.75, 3.05) is 0 Å². The number of Topliss-reactive ketones (excluding diaryl/α,β-unsaturated/α-hetero) is 1. The average molecular weight is 504 g/mol. The number of benzene rings is 2. The van der Waals surface area contributed by atoms with Crippen LogP contribution in [0.25, 0.3) is 0 Å². The highest BCUT2D eigenvalue weighted by Crippen LogP contribution is 2.40. The Morgan fingerprint density at radius 3 is 1.89 bits per heavy atom. The molecule has 4 nitrogen and oxygen atoms in total. The van der Waals surface area contributed by atoms with Crippen LogP contribution < -0.4 is 5.32 Å². The lowest BCUT2D eigenvalue weighted by Crippen LogP contribution is -2.40. The number of carbonyl (C=O) groups is 2. The van der Waals surface area contributed by atoms with Gasteiger partial charge in [0.15, 0.2) is 5.78 Å². The van der Waals surface area contributed by atoms with E-state index in [9.17, 15) is 14.7 Å². The van der Waals surface area contributed by atoms with E-state index in [1.54, 1.807) is 6.92 Å². The standard InChI is InChI=1S/C33H45NO3/c1-11-32(12-2,28-16-17-29(23(5)21-28)30(36)34-24(6)25(7)35)27-15-14-26(22(4)20-27)18-19-33(37,13-3)31(8,9)10/h14-17,20-21,24,37H,11-13H2,1-10H3,(H,34,36). The Hall–Kier alpha value is -2.90. The number of carbonyl (C=O) groups excluding carboxylic acids is 2. The van der Waals surface area contributed by atoms with Crippen molar-refractivity contribution in [3.63, 3.8) is 0 Å². The Morgan fingerprint density at radius 2 is 1.46 bits per heavy atom. The lowest BCUT2D eigenvalue weighted by atomic mass is 9.69. The first kappa shape index (κ1) is 30.3. The van der Waals surface area contributed by atoms with Crippen LogP contribution in [0.3, 0.4) is 0 Å². The number of ketones is 1. The molecule has 2 atom stereocenters. The van der Waals surface area contributed by atoms with Gasteiger partial charge in [0.05, 0.1) is 6.04 Å². The third-order valence-electron chi connectivity index (χ3n) is 8.12. The van der Waals surface area contributed by atoms with E-state index in [1.165, 1.54) is 12.5 Å². The summed E-state index contributed by atoms with van der Waals surface area (Å²) in [6.07, 6.45) is 2.37. The number of amides is 1. The smallest absolute Gasteiger partial charge is 0.252 e. The minimum absolute atomic E-state index is 0.0695. The number of aryl methyl sites for hydroxylation is 2. The van der Waals surface area contributed by atoms with Crippen molar-refractivity contribution in [1.82, 2.24) is 5.32 Å². The van der Waals surface area contributed by atoms with E-state index in [0.29, 0.717) is 12.0 Å². The van der Waals surface area contributed by atoms with Gasteiger partial charge in [-0.3, -0.25) is 9.59 Å². The van der Waals surface area contributed by atoms with Crippen molar-refractivity contribution in [3.05, 3.63) is 69.8 Å². The molecule has 1 amide bonds. The molecule has 0 radical (unpaired) electrons. The van der Waals surface area contributed by atoms with Gasteiger partial charge < -0.3 is 10.4 Å². The summed E-state index contributed by atoms with van der Waals surface area (Å²) < 4.78 is 0. The van der Waals surface area contributed by atoms with E-state index >= 15 is 0 Å². The summed E-state index contributed by atoms with van der Waals surface area (Å²) in [4.78, 5) is 24.3. The molecule has 0 aliphatic rings. The normalized spacial score (nSPS) is 14.2. The number of hydrogen-bond acceptors (Lipinski definition) is 3. The van der Waals surface area contributed by atoms with E-state index < -0.39 is 11.6 Å². The number of aliphatic hydroxyl groups is 1. The molecule has 2 N–H and O–H groups in total. The van der Waals surface area contributed by atoms with Gasteiger partial charge in [0.25, 0.3) is 5.91 Å². The second-order valence-corrected chi connectivity index (χ2v) is 11.4. The summed E-state index contributed by atoms with van der Waals surface area (Å²) in [5, 5.41) is 13.8. The fourth-order valence-corrected chi connectivity index (χ4v) is 4.90. The zero-order valence-corrected chi connectivity index (χ0v) is 24.4. The molecule has 0 saturated heterocycles. The maximum atomic E-state index is 12.8. The first-order chi connectivity index (χ1) is 17.2. The molecule has 2 rings (SSSR count). The van der Waals surface area contributed by atoms with Gasteiger partial charge in [-0.15, -0.1) is 0 Å². The SMILES string of the molecule is CCC(CC)(c1ccc(C#CC(O)(CC)C(C)(C)C)c(C)c1)c1ccc(C(=O)NC(C)C(C)=O)c(C)c1. The Labute approximate surface area is 224 Å². The molecule has 0 bridgehead atoms. The van der Waals surface area contributed by atoms with Crippen LogP contribution in [-0.2, 0) is 10.2 Å². The monoisotopic (exact) mass is 503 g/mol. The molecular formula is C33H45NO3. The third-order valence-corrected chi connectivity index (χ3v) is 8.12. The van der Waals surface area contributed by atoms with Gasteiger partial charge in [0.1, 0.15) is 5.60 Å². The Bertz CT molecular complexity index is 1200. The van der Waals surface area contributed by atoms with Crippen molar-refractivity contribution in [1.29, 1.82) is 0 Å². The Kier molecular flexibility index (Phi) is 9.55. The first-order valence-corrected chi connectivity index (χ1v) is 13.4. The van der Waals surface area contributed by atoms with Gasteiger partial charge in [-0.05, 0) is 81.3 Å². The van der Waals surface area contributed by atoms with E-state index in [1.807, 2.05) is 46.8 Å². The molecule has 37 heavy (non-hydrogen) atoms. The van der Waals surface area contributed by atoms with Gasteiger partial charge in [-0.2, -0.15) is 0 Å². The molecule has 0 fully saturated rings. The zero-order valence-electron chi connectivity index (χ0n) is 24.4. The molecule has 0 saturated carbocycles. The van der Waals surface area contributed by atoms with Gasteiger partial charge >= 0.3 is 0 Å². The van der Waals surface area contributed by atoms with E-state index in [0.717, 1.165) is 35.1 Å². The summed E-state index contributed by atoms with van der Waals surface area (Å²) >= 11 is 0. The summed E-state index contributed by atoms with van der Waals surface area (Å²) in [5.74, 6) is 6.10. The van der Waals surface area contributed by atoms with Gasteiger partial charge in [-0.1, -0.05) is 77.6 Å². The van der Waals surface area contributed by atoms with Gasteiger partial charge in [0.2, 0.25) is 0 Å². The van der Waals surface area contributed by atoms with Crippen LogP contribution >= 0.6 is 0 Å². The topological polar surface area (TPSA) is 66.4 Å². The number of rotatable bonds is 8. The minimum Gasteiger partial charge on any atom is -0.377 e. The summed E-state index contributed by atoms with van der Waals surface area (Å²) in [5.41, 5.74) is 4.24. The van der Waals surface area contributed by atoms with Crippen LogP contribution in [0.5, 0.6) is 0 Å². The third kappa shape index (κ3) is 6.33. The van der Waals surface area contributed by atoms with Crippen LogP contribution in [-0.4, -0.2) is 28.4 Å². The molecule has 0 spiro atoms. The summed E-state index contributed by atoms with van der Waals surface area (Å²) in [6, 6.07) is 11.9. The predicted molar refractivity (Wildman–Crippen MR) is 153 cm³/mol. The zero-order chi connectivity index (χ0) is 28.2. The average Bonchev–Trinajstić information content (AvgIpc) is 2.83.